The van der Waals surface area contributed by atoms with Crippen LogP contribution in [0.5, 0.6) is 11.5 Å². The van der Waals surface area contributed by atoms with Gasteiger partial charge < -0.3 is 14.8 Å². The van der Waals surface area contributed by atoms with Gasteiger partial charge in [0.2, 0.25) is 0 Å². The lowest BCUT2D eigenvalue weighted by molar-refractivity contribution is 0.102. The van der Waals surface area contributed by atoms with Gasteiger partial charge in [0.1, 0.15) is 17.0 Å². The van der Waals surface area contributed by atoms with E-state index in [-0.39, 0.29) is 5.91 Å². The van der Waals surface area contributed by atoms with E-state index in [0.717, 1.165) is 10.2 Å². The molecule has 7 heteroatoms. The van der Waals surface area contributed by atoms with Gasteiger partial charge in [-0.2, -0.15) is 0 Å². The van der Waals surface area contributed by atoms with E-state index in [4.69, 9.17) is 9.47 Å². The van der Waals surface area contributed by atoms with Gasteiger partial charge in [-0.25, -0.2) is 9.97 Å². The number of fused-ring (bicyclic) bond motifs is 1. The molecule has 0 aliphatic heterocycles. The lowest BCUT2D eigenvalue weighted by atomic mass is 10.2. The van der Waals surface area contributed by atoms with Gasteiger partial charge in [0.05, 0.1) is 19.6 Å². The summed E-state index contributed by atoms with van der Waals surface area (Å²) in [4.78, 5) is 21.5. The molecule has 6 nitrogen and oxygen atoms in total. The van der Waals surface area contributed by atoms with Crippen molar-refractivity contribution in [1.82, 2.24) is 9.97 Å². The largest absolute Gasteiger partial charge is 0.493 e. The number of methoxy groups -OCH3 is 2. The molecule has 0 spiro atoms. The molecule has 2 heterocycles. The summed E-state index contributed by atoms with van der Waals surface area (Å²) >= 11 is 1.50. The fourth-order valence-corrected chi connectivity index (χ4v) is 2.78. The minimum atomic E-state index is -0.271. The maximum Gasteiger partial charge on any atom is 0.256 e. The fourth-order valence-electron chi connectivity index (χ4n) is 2.05. The van der Waals surface area contributed by atoms with Crippen molar-refractivity contribution in [2.75, 3.05) is 19.5 Å². The van der Waals surface area contributed by atoms with Crippen LogP contribution in [0.2, 0.25) is 0 Å². The van der Waals surface area contributed by atoms with Crippen LogP contribution in [0.4, 0.5) is 5.82 Å². The number of thiophene rings is 1. The Labute approximate surface area is 130 Å². The van der Waals surface area contributed by atoms with E-state index >= 15 is 0 Å². The van der Waals surface area contributed by atoms with Crippen molar-refractivity contribution in [1.29, 1.82) is 0 Å². The van der Waals surface area contributed by atoms with Gasteiger partial charge in [-0.05, 0) is 29.6 Å². The summed E-state index contributed by atoms with van der Waals surface area (Å²) in [5.41, 5.74) is 0.458. The number of hydrogen-bond donors (Lipinski definition) is 1. The Balaban J connectivity index is 1.90. The average Bonchev–Trinajstić information content (AvgIpc) is 3.03. The molecule has 1 N–H and O–H groups in total. The molecule has 0 fully saturated rings. The van der Waals surface area contributed by atoms with E-state index in [1.54, 1.807) is 25.3 Å². The van der Waals surface area contributed by atoms with Crippen molar-refractivity contribution in [2.45, 2.75) is 0 Å². The summed E-state index contributed by atoms with van der Waals surface area (Å²) in [7, 11) is 3.07. The summed E-state index contributed by atoms with van der Waals surface area (Å²) in [6, 6.07) is 6.86. The van der Waals surface area contributed by atoms with Crippen LogP contribution in [0.25, 0.3) is 10.2 Å². The van der Waals surface area contributed by atoms with Crippen LogP contribution in [0, 0.1) is 0 Å². The number of nitrogens with zero attached hydrogens (tertiary/aromatic N) is 2. The second-order valence-corrected chi connectivity index (χ2v) is 5.28. The van der Waals surface area contributed by atoms with Crippen molar-refractivity contribution in [3.8, 4) is 11.5 Å². The molecular weight excluding hydrogens is 302 g/mol. The second-order valence-electron chi connectivity index (χ2n) is 4.39. The minimum Gasteiger partial charge on any atom is -0.493 e. The van der Waals surface area contributed by atoms with E-state index in [9.17, 15) is 4.79 Å². The van der Waals surface area contributed by atoms with Crippen molar-refractivity contribution in [3.63, 3.8) is 0 Å². The first kappa shape index (κ1) is 14.3. The SMILES string of the molecule is COc1ccc(C(=O)Nc2ncnc3sccc23)cc1OC. The summed E-state index contributed by atoms with van der Waals surface area (Å²) in [5.74, 6) is 1.29. The van der Waals surface area contributed by atoms with Gasteiger partial charge in [0.15, 0.2) is 11.5 Å². The highest BCUT2D eigenvalue weighted by atomic mass is 32.1. The number of carbonyl (C=O) groups excluding carboxylic acids is 1. The van der Waals surface area contributed by atoms with Crippen LogP contribution in [-0.2, 0) is 0 Å². The average molecular weight is 315 g/mol. The molecule has 0 saturated heterocycles. The summed E-state index contributed by atoms with van der Waals surface area (Å²) in [6.45, 7) is 0. The van der Waals surface area contributed by atoms with Gasteiger partial charge in [-0.3, -0.25) is 4.79 Å². The number of anilines is 1. The van der Waals surface area contributed by atoms with Gasteiger partial charge in [0, 0.05) is 5.56 Å². The van der Waals surface area contributed by atoms with Gasteiger partial charge in [-0.15, -0.1) is 11.3 Å². The zero-order valence-electron chi connectivity index (χ0n) is 12.0. The number of amides is 1. The third-order valence-electron chi connectivity index (χ3n) is 3.14. The third kappa shape index (κ3) is 2.58. The quantitative estimate of drug-likeness (QED) is 0.801. The zero-order valence-corrected chi connectivity index (χ0v) is 12.8. The topological polar surface area (TPSA) is 73.3 Å². The highest BCUT2D eigenvalue weighted by molar-refractivity contribution is 7.16. The summed E-state index contributed by atoms with van der Waals surface area (Å²) < 4.78 is 10.4. The van der Waals surface area contributed by atoms with Crippen LogP contribution < -0.4 is 14.8 Å². The number of aromatic nitrogens is 2. The first-order valence-corrected chi connectivity index (χ1v) is 7.32. The van der Waals surface area contributed by atoms with E-state index in [1.807, 2.05) is 11.4 Å². The molecule has 0 atom stereocenters. The number of hydrogen-bond acceptors (Lipinski definition) is 6. The number of benzene rings is 1. The van der Waals surface area contributed by atoms with E-state index < -0.39 is 0 Å². The molecular formula is C15H13N3O3S. The monoisotopic (exact) mass is 315 g/mol. The molecule has 3 aromatic rings. The molecule has 0 unspecified atom stereocenters. The molecule has 112 valence electrons. The predicted octanol–water partition coefficient (Wildman–Crippen LogP) is 2.96. The molecule has 0 radical (unpaired) electrons. The lowest BCUT2D eigenvalue weighted by Crippen LogP contribution is -2.13. The molecule has 0 bridgehead atoms. The number of carbonyl (C=O) groups is 1. The van der Waals surface area contributed by atoms with Crippen molar-refractivity contribution >= 4 is 33.3 Å². The first-order valence-electron chi connectivity index (χ1n) is 6.44. The number of ether oxygens (including phenoxy) is 2. The van der Waals surface area contributed by atoms with Crippen molar-refractivity contribution in [3.05, 3.63) is 41.5 Å². The Kier molecular flexibility index (Phi) is 3.88. The van der Waals surface area contributed by atoms with Crippen LogP contribution in [0.1, 0.15) is 10.4 Å². The summed E-state index contributed by atoms with van der Waals surface area (Å²) in [5, 5.41) is 5.53. The van der Waals surface area contributed by atoms with Crippen LogP contribution in [0.15, 0.2) is 36.0 Å². The molecule has 1 aromatic carbocycles. The Hall–Kier alpha value is -2.67. The van der Waals surface area contributed by atoms with E-state index in [1.165, 1.54) is 24.8 Å². The molecule has 2 aromatic heterocycles. The molecule has 0 aliphatic rings. The normalized spacial score (nSPS) is 10.5. The van der Waals surface area contributed by atoms with Gasteiger partial charge in [0.25, 0.3) is 5.91 Å². The molecule has 0 aliphatic carbocycles. The molecule has 0 saturated carbocycles. The molecule has 3 rings (SSSR count). The molecule has 22 heavy (non-hydrogen) atoms. The fraction of sp³-hybridized carbons (Fsp3) is 0.133. The maximum atomic E-state index is 12.4. The maximum absolute atomic E-state index is 12.4. The standard InChI is InChI=1S/C15H13N3O3S/c1-20-11-4-3-9(7-12(11)21-2)14(19)18-13-10-5-6-22-15(10)17-8-16-13/h3-8H,1-2H3,(H,16,17,18,19). The van der Waals surface area contributed by atoms with E-state index in [2.05, 4.69) is 15.3 Å². The Bertz CT molecular complexity index is 832. The minimum absolute atomic E-state index is 0.271. The predicted molar refractivity (Wildman–Crippen MR) is 84.9 cm³/mol. The number of nitrogens with one attached hydrogen (secondary N) is 1. The van der Waals surface area contributed by atoms with Crippen LogP contribution in [-0.4, -0.2) is 30.1 Å². The lowest BCUT2D eigenvalue weighted by Gasteiger charge is -2.10. The summed E-state index contributed by atoms with van der Waals surface area (Å²) in [6.07, 6.45) is 1.43. The first-order chi connectivity index (χ1) is 10.7. The van der Waals surface area contributed by atoms with E-state index in [0.29, 0.717) is 22.9 Å². The smallest absolute Gasteiger partial charge is 0.256 e. The molecule has 1 amide bonds. The highest BCUT2D eigenvalue weighted by Crippen LogP contribution is 2.28. The van der Waals surface area contributed by atoms with Crippen LogP contribution >= 0.6 is 11.3 Å². The van der Waals surface area contributed by atoms with Gasteiger partial charge in [-0.1, -0.05) is 0 Å². The third-order valence-corrected chi connectivity index (χ3v) is 3.96. The highest BCUT2D eigenvalue weighted by Gasteiger charge is 2.13. The zero-order chi connectivity index (χ0) is 15.5. The van der Waals surface area contributed by atoms with Gasteiger partial charge >= 0.3 is 0 Å². The Morgan fingerprint density at radius 2 is 1.95 bits per heavy atom. The Morgan fingerprint density at radius 1 is 1.14 bits per heavy atom. The van der Waals surface area contributed by atoms with Crippen molar-refractivity contribution in [2.24, 2.45) is 0 Å². The Morgan fingerprint density at radius 3 is 2.73 bits per heavy atom. The van der Waals surface area contributed by atoms with Crippen LogP contribution in [0.3, 0.4) is 0 Å². The second kappa shape index (κ2) is 5.98. The van der Waals surface area contributed by atoms with Crippen molar-refractivity contribution < 1.29 is 14.3 Å². The number of rotatable bonds is 4.